The first-order chi connectivity index (χ1) is 9.47. The summed E-state index contributed by atoms with van der Waals surface area (Å²) in [6.07, 6.45) is 2.82. The number of aromatic nitrogens is 1. The molecule has 1 aromatic heterocycles. The van der Waals surface area contributed by atoms with E-state index in [9.17, 15) is 0 Å². The summed E-state index contributed by atoms with van der Waals surface area (Å²) in [4.78, 5) is 6.65. The minimum Gasteiger partial charge on any atom is -0.376 e. The van der Waals surface area contributed by atoms with E-state index in [1.54, 1.807) is 0 Å². The molecule has 0 saturated carbocycles. The van der Waals surface area contributed by atoms with Gasteiger partial charge in [-0.25, -0.2) is 0 Å². The van der Waals surface area contributed by atoms with E-state index in [0.717, 1.165) is 27.8 Å². The summed E-state index contributed by atoms with van der Waals surface area (Å²) in [7, 11) is 4.07. The Kier molecular flexibility index (Phi) is 4.61. The molecule has 0 saturated heterocycles. The molecular formula is C17H19BrN2. The molecule has 20 heavy (non-hydrogen) atoms. The zero-order valence-corrected chi connectivity index (χ0v) is 13.7. The second-order valence-corrected chi connectivity index (χ2v) is 6.11. The molecule has 0 fully saturated rings. The van der Waals surface area contributed by atoms with E-state index in [0.29, 0.717) is 0 Å². The molecule has 2 rings (SSSR count). The van der Waals surface area contributed by atoms with Gasteiger partial charge < -0.3 is 4.90 Å². The lowest BCUT2D eigenvalue weighted by Crippen LogP contribution is -2.12. The van der Waals surface area contributed by atoms with Gasteiger partial charge in [-0.05, 0) is 48.2 Å². The first-order valence-electron chi connectivity index (χ1n) is 6.54. The number of rotatable bonds is 4. The fourth-order valence-corrected chi connectivity index (χ4v) is 2.59. The lowest BCUT2D eigenvalue weighted by atomic mass is 10.0. The molecule has 0 aliphatic carbocycles. The molecule has 0 N–H and O–H groups in total. The fraction of sp³-hybridized carbons (Fsp3) is 0.235. The van der Waals surface area contributed by atoms with E-state index in [1.165, 1.54) is 11.1 Å². The lowest BCUT2D eigenvalue weighted by Gasteiger charge is -2.18. The van der Waals surface area contributed by atoms with Crippen LogP contribution in [0.25, 0.3) is 5.57 Å². The van der Waals surface area contributed by atoms with Gasteiger partial charge in [0, 0.05) is 24.8 Å². The van der Waals surface area contributed by atoms with Crippen molar-refractivity contribution in [3.63, 3.8) is 0 Å². The number of anilines is 1. The van der Waals surface area contributed by atoms with E-state index in [4.69, 9.17) is 0 Å². The van der Waals surface area contributed by atoms with Crippen LogP contribution in [0, 0.1) is 0 Å². The van der Waals surface area contributed by atoms with Gasteiger partial charge in [-0.2, -0.15) is 0 Å². The smallest absolute Gasteiger partial charge is 0.0886 e. The van der Waals surface area contributed by atoms with Crippen LogP contribution in [0.2, 0.25) is 0 Å². The summed E-state index contributed by atoms with van der Waals surface area (Å²) < 4.78 is 1.11. The molecule has 1 aromatic carbocycles. The summed E-state index contributed by atoms with van der Waals surface area (Å²) >= 11 is 3.51. The van der Waals surface area contributed by atoms with Crippen LogP contribution in [0.3, 0.4) is 0 Å². The molecule has 1 heterocycles. The Bertz CT molecular complexity index is 633. The van der Waals surface area contributed by atoms with E-state index >= 15 is 0 Å². The van der Waals surface area contributed by atoms with Crippen LogP contribution in [0.4, 0.5) is 5.69 Å². The van der Waals surface area contributed by atoms with Gasteiger partial charge in [-0.3, -0.25) is 4.98 Å². The molecule has 3 heteroatoms. The lowest BCUT2D eigenvalue weighted by molar-refractivity contribution is 1.06. The van der Waals surface area contributed by atoms with Crippen molar-refractivity contribution in [2.75, 3.05) is 19.0 Å². The van der Waals surface area contributed by atoms with Crippen LogP contribution < -0.4 is 4.90 Å². The number of pyridine rings is 1. The SMILES string of the molecule is C=C(C)c1ncc(Cc2cccc(Br)c2)cc1N(C)C. The molecule has 0 aliphatic heterocycles. The minimum atomic E-state index is 0.879. The zero-order chi connectivity index (χ0) is 14.7. The zero-order valence-electron chi connectivity index (χ0n) is 12.2. The summed E-state index contributed by atoms with van der Waals surface area (Å²) in [5, 5.41) is 0. The molecular weight excluding hydrogens is 312 g/mol. The van der Waals surface area contributed by atoms with Crippen LogP contribution >= 0.6 is 15.9 Å². The Morgan fingerprint density at radius 2 is 2.00 bits per heavy atom. The van der Waals surface area contributed by atoms with Crippen molar-refractivity contribution >= 4 is 27.2 Å². The minimum absolute atomic E-state index is 0.879. The summed E-state index contributed by atoms with van der Waals surface area (Å²) in [6, 6.07) is 10.6. The normalized spacial score (nSPS) is 10.4. The molecule has 0 aliphatic rings. The van der Waals surface area contributed by atoms with Crippen molar-refractivity contribution in [2.45, 2.75) is 13.3 Å². The maximum absolute atomic E-state index is 4.57. The van der Waals surface area contributed by atoms with Gasteiger partial charge in [0.15, 0.2) is 0 Å². The first kappa shape index (κ1) is 14.8. The van der Waals surface area contributed by atoms with Crippen molar-refractivity contribution in [2.24, 2.45) is 0 Å². The van der Waals surface area contributed by atoms with E-state index < -0.39 is 0 Å². The molecule has 0 unspecified atom stereocenters. The highest BCUT2D eigenvalue weighted by atomic mass is 79.9. The fourth-order valence-electron chi connectivity index (χ4n) is 2.14. The maximum atomic E-state index is 4.57. The van der Waals surface area contributed by atoms with Crippen LogP contribution in [0.1, 0.15) is 23.7 Å². The third kappa shape index (κ3) is 3.48. The largest absolute Gasteiger partial charge is 0.376 e. The summed E-state index contributed by atoms with van der Waals surface area (Å²) in [6.45, 7) is 5.99. The molecule has 2 aromatic rings. The summed E-state index contributed by atoms with van der Waals surface area (Å²) in [5.74, 6) is 0. The topological polar surface area (TPSA) is 16.1 Å². The number of halogens is 1. The average molecular weight is 331 g/mol. The standard InChI is InChI=1S/C17H19BrN2/c1-12(2)17-16(20(3)4)10-14(11-19-17)8-13-6-5-7-15(18)9-13/h5-7,9-11H,1,8H2,2-4H3. The first-order valence-corrected chi connectivity index (χ1v) is 7.33. The molecule has 0 amide bonds. The summed E-state index contributed by atoms with van der Waals surface area (Å²) in [5.41, 5.74) is 5.55. The van der Waals surface area contributed by atoms with E-state index in [1.807, 2.05) is 33.3 Å². The molecule has 0 radical (unpaired) electrons. The maximum Gasteiger partial charge on any atom is 0.0886 e. The Labute approximate surface area is 129 Å². The predicted octanol–water partition coefficient (Wildman–Crippen LogP) is 4.53. The van der Waals surface area contributed by atoms with Crippen LogP contribution in [0.5, 0.6) is 0 Å². The molecule has 2 nitrogen and oxygen atoms in total. The highest BCUT2D eigenvalue weighted by Gasteiger charge is 2.09. The predicted molar refractivity (Wildman–Crippen MR) is 90.2 cm³/mol. The van der Waals surface area contributed by atoms with Gasteiger partial charge in [0.2, 0.25) is 0 Å². The number of nitrogens with zero attached hydrogens (tertiary/aromatic N) is 2. The van der Waals surface area contributed by atoms with Gasteiger partial charge >= 0.3 is 0 Å². The molecule has 0 spiro atoms. The van der Waals surface area contributed by atoms with Crippen molar-refractivity contribution < 1.29 is 0 Å². The molecule has 0 bridgehead atoms. The van der Waals surface area contributed by atoms with Gasteiger partial charge in [-0.1, -0.05) is 34.6 Å². The Morgan fingerprint density at radius 1 is 1.25 bits per heavy atom. The monoisotopic (exact) mass is 330 g/mol. The number of hydrogen-bond acceptors (Lipinski definition) is 2. The van der Waals surface area contributed by atoms with Crippen molar-refractivity contribution in [1.29, 1.82) is 0 Å². The van der Waals surface area contributed by atoms with Crippen LogP contribution in [0.15, 0.2) is 47.6 Å². The van der Waals surface area contributed by atoms with E-state index in [2.05, 4.69) is 56.7 Å². The Balaban J connectivity index is 2.34. The van der Waals surface area contributed by atoms with Crippen molar-refractivity contribution in [3.05, 3.63) is 64.4 Å². The Hall–Kier alpha value is -1.61. The molecule has 0 atom stereocenters. The van der Waals surface area contributed by atoms with Gasteiger partial charge in [0.1, 0.15) is 0 Å². The Morgan fingerprint density at radius 3 is 2.60 bits per heavy atom. The number of benzene rings is 1. The molecule has 104 valence electrons. The second kappa shape index (κ2) is 6.23. The van der Waals surface area contributed by atoms with Crippen LogP contribution in [-0.2, 0) is 6.42 Å². The van der Waals surface area contributed by atoms with Crippen LogP contribution in [-0.4, -0.2) is 19.1 Å². The van der Waals surface area contributed by atoms with Crippen molar-refractivity contribution in [3.8, 4) is 0 Å². The van der Waals surface area contributed by atoms with Gasteiger partial charge in [0.25, 0.3) is 0 Å². The highest BCUT2D eigenvalue weighted by molar-refractivity contribution is 9.10. The second-order valence-electron chi connectivity index (χ2n) is 5.19. The quantitative estimate of drug-likeness (QED) is 0.818. The van der Waals surface area contributed by atoms with Crippen molar-refractivity contribution in [1.82, 2.24) is 4.98 Å². The van der Waals surface area contributed by atoms with Gasteiger partial charge in [-0.15, -0.1) is 0 Å². The average Bonchev–Trinajstić information content (AvgIpc) is 2.38. The third-order valence-corrected chi connectivity index (χ3v) is 3.60. The highest BCUT2D eigenvalue weighted by Crippen LogP contribution is 2.25. The van der Waals surface area contributed by atoms with E-state index in [-0.39, 0.29) is 0 Å². The number of allylic oxidation sites excluding steroid dienone is 1. The third-order valence-electron chi connectivity index (χ3n) is 3.11. The number of hydrogen-bond donors (Lipinski definition) is 0. The van der Waals surface area contributed by atoms with Gasteiger partial charge in [0.05, 0.1) is 11.4 Å².